The highest BCUT2D eigenvalue weighted by Gasteiger charge is 2.46. The van der Waals surface area contributed by atoms with Gasteiger partial charge in [0, 0.05) is 18.4 Å². The van der Waals surface area contributed by atoms with Crippen LogP contribution in [-0.2, 0) is 22.4 Å². The summed E-state index contributed by atoms with van der Waals surface area (Å²) in [4.78, 5) is 26.3. The number of rotatable bonds is 6. The van der Waals surface area contributed by atoms with E-state index >= 15 is 0 Å². The third kappa shape index (κ3) is 3.98. The SMILES string of the molecule is CCOC(=O)C1(NC(=O)c2cccc(C)c2/C=C/C2CC2)Cc2ccccc2C1. The van der Waals surface area contributed by atoms with Crippen LogP contribution in [0.2, 0.25) is 0 Å². The number of carbonyl (C=O) groups is 2. The maximum Gasteiger partial charge on any atom is 0.332 e. The summed E-state index contributed by atoms with van der Waals surface area (Å²) in [6, 6.07) is 13.7. The van der Waals surface area contributed by atoms with Gasteiger partial charge in [-0.15, -0.1) is 0 Å². The summed E-state index contributed by atoms with van der Waals surface area (Å²) < 4.78 is 5.37. The maximum atomic E-state index is 13.3. The molecule has 1 amide bonds. The van der Waals surface area contributed by atoms with Crippen LogP contribution in [0.4, 0.5) is 0 Å². The molecule has 0 unspecified atom stereocenters. The number of esters is 1. The van der Waals surface area contributed by atoms with E-state index in [9.17, 15) is 9.59 Å². The van der Waals surface area contributed by atoms with Crippen LogP contribution < -0.4 is 5.32 Å². The second kappa shape index (κ2) is 7.86. The molecular formula is C25H27NO3. The first kappa shape index (κ1) is 19.4. The minimum Gasteiger partial charge on any atom is -0.464 e. The van der Waals surface area contributed by atoms with Gasteiger partial charge in [0.05, 0.1) is 6.61 Å². The summed E-state index contributed by atoms with van der Waals surface area (Å²) in [5.41, 5.74) is 3.68. The Morgan fingerprint density at radius 2 is 1.79 bits per heavy atom. The molecule has 0 aromatic heterocycles. The van der Waals surface area contributed by atoms with Gasteiger partial charge in [-0.2, -0.15) is 0 Å². The predicted molar refractivity (Wildman–Crippen MR) is 114 cm³/mol. The zero-order valence-corrected chi connectivity index (χ0v) is 17.0. The van der Waals surface area contributed by atoms with Gasteiger partial charge in [-0.25, -0.2) is 4.79 Å². The highest BCUT2D eigenvalue weighted by Crippen LogP contribution is 2.33. The van der Waals surface area contributed by atoms with E-state index in [0.717, 1.165) is 22.3 Å². The van der Waals surface area contributed by atoms with Crippen molar-refractivity contribution in [1.29, 1.82) is 0 Å². The van der Waals surface area contributed by atoms with Crippen molar-refractivity contribution in [3.05, 3.63) is 76.4 Å². The number of fused-ring (bicyclic) bond motifs is 1. The predicted octanol–water partition coefficient (Wildman–Crippen LogP) is 4.25. The highest BCUT2D eigenvalue weighted by molar-refractivity contribution is 6.01. The normalized spacial score (nSPS) is 17.2. The number of carbonyl (C=O) groups excluding carboxylic acids is 2. The molecule has 4 nitrogen and oxygen atoms in total. The van der Waals surface area contributed by atoms with Crippen LogP contribution in [0.15, 0.2) is 48.5 Å². The molecule has 0 atom stereocenters. The minimum atomic E-state index is -1.06. The molecule has 2 aliphatic rings. The Hall–Kier alpha value is -2.88. The molecule has 4 heteroatoms. The molecule has 0 heterocycles. The van der Waals surface area contributed by atoms with Crippen molar-refractivity contribution in [2.45, 2.75) is 45.1 Å². The van der Waals surface area contributed by atoms with Crippen molar-refractivity contribution in [2.24, 2.45) is 5.92 Å². The van der Waals surface area contributed by atoms with Gasteiger partial charge >= 0.3 is 5.97 Å². The van der Waals surface area contributed by atoms with E-state index in [1.54, 1.807) is 6.92 Å². The summed E-state index contributed by atoms with van der Waals surface area (Å²) in [7, 11) is 0. The van der Waals surface area contributed by atoms with E-state index in [1.807, 2.05) is 49.4 Å². The topological polar surface area (TPSA) is 55.4 Å². The Morgan fingerprint density at radius 1 is 1.10 bits per heavy atom. The monoisotopic (exact) mass is 389 g/mol. The van der Waals surface area contributed by atoms with Crippen LogP contribution in [0.3, 0.4) is 0 Å². The van der Waals surface area contributed by atoms with Crippen LogP contribution >= 0.6 is 0 Å². The second-order valence-corrected chi connectivity index (χ2v) is 8.11. The summed E-state index contributed by atoms with van der Waals surface area (Å²) in [5.74, 6) is 0.0259. The zero-order chi connectivity index (χ0) is 20.4. The first-order chi connectivity index (χ1) is 14.0. The molecule has 0 spiro atoms. The van der Waals surface area contributed by atoms with E-state index in [2.05, 4.69) is 17.5 Å². The molecule has 29 heavy (non-hydrogen) atoms. The summed E-state index contributed by atoms with van der Waals surface area (Å²) in [6.45, 7) is 4.08. The highest BCUT2D eigenvalue weighted by atomic mass is 16.5. The van der Waals surface area contributed by atoms with Gasteiger partial charge < -0.3 is 10.1 Å². The molecule has 1 saturated carbocycles. The van der Waals surface area contributed by atoms with E-state index in [4.69, 9.17) is 4.74 Å². The Balaban J connectivity index is 1.65. The minimum absolute atomic E-state index is 0.231. The number of allylic oxidation sites excluding steroid dienone is 1. The number of amides is 1. The Bertz CT molecular complexity index is 947. The van der Waals surface area contributed by atoms with Gasteiger partial charge in [-0.3, -0.25) is 4.79 Å². The fourth-order valence-corrected chi connectivity index (χ4v) is 4.07. The number of hydrogen-bond acceptors (Lipinski definition) is 3. The zero-order valence-electron chi connectivity index (χ0n) is 17.0. The molecule has 0 saturated heterocycles. The maximum absolute atomic E-state index is 13.3. The molecule has 0 radical (unpaired) electrons. The molecule has 2 aliphatic carbocycles. The van der Waals surface area contributed by atoms with E-state index in [1.165, 1.54) is 12.8 Å². The molecule has 1 N–H and O–H groups in total. The number of aryl methyl sites for hydroxylation is 1. The molecule has 2 aromatic rings. The molecule has 0 bridgehead atoms. The molecule has 150 valence electrons. The average molecular weight is 389 g/mol. The van der Waals surface area contributed by atoms with Crippen LogP contribution in [0.5, 0.6) is 0 Å². The third-order valence-corrected chi connectivity index (χ3v) is 5.85. The lowest BCUT2D eigenvalue weighted by molar-refractivity contribution is -0.150. The number of benzene rings is 2. The fourth-order valence-electron chi connectivity index (χ4n) is 4.07. The van der Waals surface area contributed by atoms with Crippen molar-refractivity contribution in [1.82, 2.24) is 5.32 Å². The lowest BCUT2D eigenvalue weighted by Gasteiger charge is -2.28. The smallest absolute Gasteiger partial charge is 0.332 e. The second-order valence-electron chi connectivity index (χ2n) is 8.11. The Kier molecular flexibility index (Phi) is 5.27. The van der Waals surface area contributed by atoms with Crippen molar-refractivity contribution in [2.75, 3.05) is 6.61 Å². The lowest BCUT2D eigenvalue weighted by atomic mass is 9.93. The summed E-state index contributed by atoms with van der Waals surface area (Å²) >= 11 is 0. The lowest BCUT2D eigenvalue weighted by Crippen LogP contribution is -2.56. The summed E-state index contributed by atoms with van der Waals surface area (Å²) in [5, 5.41) is 3.06. The average Bonchev–Trinajstić information content (AvgIpc) is 3.45. The van der Waals surface area contributed by atoms with Crippen LogP contribution in [-0.4, -0.2) is 24.0 Å². The van der Waals surface area contributed by atoms with Crippen LogP contribution in [0.25, 0.3) is 6.08 Å². The number of hydrogen-bond donors (Lipinski definition) is 1. The van der Waals surface area contributed by atoms with Gasteiger partial charge in [0.1, 0.15) is 5.54 Å². The molecule has 1 fully saturated rings. The van der Waals surface area contributed by atoms with Crippen molar-refractivity contribution < 1.29 is 14.3 Å². The van der Waals surface area contributed by atoms with Gasteiger partial charge in [0.25, 0.3) is 5.91 Å². The van der Waals surface area contributed by atoms with E-state index in [0.29, 0.717) is 24.3 Å². The molecular weight excluding hydrogens is 362 g/mol. The van der Waals surface area contributed by atoms with Crippen molar-refractivity contribution >= 4 is 18.0 Å². The van der Waals surface area contributed by atoms with E-state index in [-0.39, 0.29) is 18.5 Å². The Labute approximate surface area is 172 Å². The van der Waals surface area contributed by atoms with Gasteiger partial charge in [0.15, 0.2) is 0 Å². The Morgan fingerprint density at radius 3 is 2.41 bits per heavy atom. The summed E-state index contributed by atoms with van der Waals surface area (Å²) in [6.07, 6.45) is 7.58. The molecule has 2 aromatic carbocycles. The quantitative estimate of drug-likeness (QED) is 0.752. The number of ether oxygens (including phenoxy) is 1. The van der Waals surface area contributed by atoms with Gasteiger partial charge in [-0.05, 0) is 60.9 Å². The van der Waals surface area contributed by atoms with Gasteiger partial charge in [0.2, 0.25) is 0 Å². The van der Waals surface area contributed by atoms with E-state index < -0.39 is 5.54 Å². The van der Waals surface area contributed by atoms with Crippen LogP contribution in [0.1, 0.15) is 52.4 Å². The first-order valence-electron chi connectivity index (χ1n) is 10.4. The van der Waals surface area contributed by atoms with Crippen LogP contribution in [0, 0.1) is 12.8 Å². The molecule has 4 rings (SSSR count). The third-order valence-electron chi connectivity index (χ3n) is 5.85. The van der Waals surface area contributed by atoms with Gasteiger partial charge in [-0.1, -0.05) is 48.6 Å². The largest absolute Gasteiger partial charge is 0.464 e. The standard InChI is InChI=1S/C25H27NO3/c1-3-29-24(28)25(15-19-8-4-5-9-20(19)16-25)26-23(27)22-10-6-7-17(2)21(22)14-13-18-11-12-18/h4-10,13-14,18H,3,11-12,15-16H2,1-2H3,(H,26,27)/b14-13+. The molecule has 0 aliphatic heterocycles. The number of nitrogens with one attached hydrogen (secondary N) is 1. The van der Waals surface area contributed by atoms with Crippen molar-refractivity contribution in [3.63, 3.8) is 0 Å². The fraction of sp³-hybridized carbons (Fsp3) is 0.360. The van der Waals surface area contributed by atoms with Crippen molar-refractivity contribution in [3.8, 4) is 0 Å². The first-order valence-corrected chi connectivity index (χ1v) is 10.4.